The molecule has 0 aliphatic carbocycles. The number of hydrogen-bond donors (Lipinski definition) is 0. The van der Waals surface area contributed by atoms with E-state index < -0.39 is 5.79 Å². The predicted molar refractivity (Wildman–Crippen MR) is 173 cm³/mol. The van der Waals surface area contributed by atoms with Crippen LogP contribution in [-0.4, -0.2) is 63.4 Å². The smallest absolute Gasteiger partial charge is 0.163 e. The maximum absolute atomic E-state index is 6.28. The van der Waals surface area contributed by atoms with Gasteiger partial charge in [-0.1, -0.05) is 129 Å². The SMILES string of the molecule is CCCCCCCCCCCCOCC(COC1CCC2OC(C)(C)OCC2O1)OCCCCCCCCCCCC. The molecule has 0 aromatic heterocycles. The fourth-order valence-corrected chi connectivity index (χ4v) is 6.03. The highest BCUT2D eigenvalue weighted by Crippen LogP contribution is 2.32. The van der Waals surface area contributed by atoms with Gasteiger partial charge in [0.1, 0.15) is 12.2 Å². The number of rotatable bonds is 28. The standard InChI is InChI=1S/C36H70O6/c1-5-7-9-11-13-15-17-19-21-23-27-37-29-32(38-28-24-22-20-18-16-14-12-10-8-6-2)30-39-35-26-25-33-34(41-35)31-40-36(3,4)42-33/h32-35H,5-31H2,1-4H3. The number of fused-ring (bicyclic) bond motifs is 1. The Bertz CT molecular complexity index is 599. The summed E-state index contributed by atoms with van der Waals surface area (Å²) in [7, 11) is 0. The van der Waals surface area contributed by atoms with Gasteiger partial charge in [0, 0.05) is 19.6 Å². The summed E-state index contributed by atoms with van der Waals surface area (Å²) in [5.74, 6) is -0.530. The zero-order valence-corrected chi connectivity index (χ0v) is 28.4. The van der Waals surface area contributed by atoms with Crippen LogP contribution in [0.25, 0.3) is 0 Å². The summed E-state index contributed by atoms with van der Waals surface area (Å²) >= 11 is 0. The molecule has 0 radical (unpaired) electrons. The van der Waals surface area contributed by atoms with Gasteiger partial charge in [-0.2, -0.15) is 0 Å². The average molecular weight is 599 g/mol. The molecular formula is C36H70O6. The summed E-state index contributed by atoms with van der Waals surface area (Å²) in [5, 5.41) is 0. The lowest BCUT2D eigenvalue weighted by Gasteiger charge is -2.45. The van der Waals surface area contributed by atoms with Crippen molar-refractivity contribution in [2.75, 3.05) is 33.0 Å². The minimum absolute atomic E-state index is 0.0502. The van der Waals surface area contributed by atoms with E-state index >= 15 is 0 Å². The molecule has 2 aliphatic rings. The lowest BCUT2D eigenvalue weighted by Crippen LogP contribution is -2.53. The summed E-state index contributed by atoms with van der Waals surface area (Å²) in [6.45, 7) is 11.7. The highest BCUT2D eigenvalue weighted by atomic mass is 16.8. The van der Waals surface area contributed by atoms with Crippen LogP contribution in [0, 0.1) is 0 Å². The second kappa shape index (κ2) is 25.0. The quantitative estimate of drug-likeness (QED) is 0.0836. The van der Waals surface area contributed by atoms with E-state index in [-0.39, 0.29) is 24.6 Å². The van der Waals surface area contributed by atoms with E-state index in [1.807, 2.05) is 13.8 Å². The molecule has 6 nitrogen and oxygen atoms in total. The van der Waals surface area contributed by atoms with Crippen molar-refractivity contribution >= 4 is 0 Å². The fourth-order valence-electron chi connectivity index (χ4n) is 6.03. The molecule has 2 heterocycles. The van der Waals surface area contributed by atoms with Crippen LogP contribution in [0.2, 0.25) is 0 Å². The van der Waals surface area contributed by atoms with Gasteiger partial charge in [-0.3, -0.25) is 0 Å². The Morgan fingerprint density at radius 1 is 0.619 bits per heavy atom. The molecule has 4 unspecified atom stereocenters. The van der Waals surface area contributed by atoms with Crippen LogP contribution in [0.15, 0.2) is 0 Å². The molecule has 2 fully saturated rings. The maximum Gasteiger partial charge on any atom is 0.163 e. The van der Waals surface area contributed by atoms with Crippen LogP contribution >= 0.6 is 0 Å². The maximum atomic E-state index is 6.28. The van der Waals surface area contributed by atoms with Crippen molar-refractivity contribution in [2.24, 2.45) is 0 Å². The Morgan fingerprint density at radius 3 is 1.71 bits per heavy atom. The largest absolute Gasteiger partial charge is 0.379 e. The molecule has 2 saturated heterocycles. The van der Waals surface area contributed by atoms with Gasteiger partial charge in [-0.05, 0) is 33.1 Å². The van der Waals surface area contributed by atoms with E-state index in [9.17, 15) is 0 Å². The van der Waals surface area contributed by atoms with Crippen LogP contribution in [0.5, 0.6) is 0 Å². The molecule has 0 spiro atoms. The second-order valence-electron chi connectivity index (χ2n) is 13.3. The topological polar surface area (TPSA) is 55.4 Å². The highest BCUT2D eigenvalue weighted by Gasteiger charge is 2.41. The fraction of sp³-hybridized carbons (Fsp3) is 1.00. The summed E-state index contributed by atoms with van der Waals surface area (Å²) < 4.78 is 36.6. The molecule has 250 valence electrons. The van der Waals surface area contributed by atoms with Crippen LogP contribution in [0.1, 0.15) is 169 Å². The van der Waals surface area contributed by atoms with Crippen molar-refractivity contribution < 1.29 is 28.4 Å². The predicted octanol–water partition coefficient (Wildman–Crippen LogP) is 9.90. The number of ether oxygens (including phenoxy) is 6. The van der Waals surface area contributed by atoms with E-state index in [0.717, 1.165) is 38.9 Å². The third kappa shape index (κ3) is 19.2. The third-order valence-electron chi connectivity index (χ3n) is 8.72. The zero-order chi connectivity index (χ0) is 30.1. The summed E-state index contributed by atoms with van der Waals surface area (Å²) in [5.41, 5.74) is 0. The van der Waals surface area contributed by atoms with Crippen molar-refractivity contribution in [3.8, 4) is 0 Å². The molecule has 0 aromatic rings. The van der Waals surface area contributed by atoms with Crippen molar-refractivity contribution in [1.29, 1.82) is 0 Å². The van der Waals surface area contributed by atoms with Gasteiger partial charge in [-0.15, -0.1) is 0 Å². The van der Waals surface area contributed by atoms with Crippen molar-refractivity contribution in [3.05, 3.63) is 0 Å². The third-order valence-corrected chi connectivity index (χ3v) is 8.72. The Hall–Kier alpha value is -0.240. The van der Waals surface area contributed by atoms with E-state index in [1.54, 1.807) is 0 Å². The molecule has 0 saturated carbocycles. The molecule has 4 atom stereocenters. The van der Waals surface area contributed by atoms with E-state index in [4.69, 9.17) is 28.4 Å². The normalized spacial score (nSPS) is 22.7. The molecular weight excluding hydrogens is 528 g/mol. The van der Waals surface area contributed by atoms with Crippen LogP contribution < -0.4 is 0 Å². The van der Waals surface area contributed by atoms with Crippen molar-refractivity contribution in [2.45, 2.75) is 199 Å². The Kier molecular flexibility index (Phi) is 22.6. The monoisotopic (exact) mass is 599 g/mol. The second-order valence-corrected chi connectivity index (χ2v) is 13.3. The van der Waals surface area contributed by atoms with E-state index in [1.165, 1.54) is 116 Å². The molecule has 6 heteroatoms. The first-order chi connectivity index (χ1) is 20.5. The molecule has 42 heavy (non-hydrogen) atoms. The number of unbranched alkanes of at least 4 members (excludes halogenated alkanes) is 18. The lowest BCUT2D eigenvalue weighted by molar-refractivity contribution is -0.347. The molecule has 0 amide bonds. The van der Waals surface area contributed by atoms with Gasteiger partial charge in [0.2, 0.25) is 0 Å². The Balaban J connectivity index is 1.58. The average Bonchev–Trinajstić information content (AvgIpc) is 2.98. The van der Waals surface area contributed by atoms with E-state index in [0.29, 0.717) is 19.8 Å². The van der Waals surface area contributed by atoms with Gasteiger partial charge in [0.15, 0.2) is 12.1 Å². The van der Waals surface area contributed by atoms with Crippen molar-refractivity contribution in [1.82, 2.24) is 0 Å². The highest BCUT2D eigenvalue weighted by molar-refractivity contribution is 4.82. The van der Waals surface area contributed by atoms with Crippen molar-refractivity contribution in [3.63, 3.8) is 0 Å². The van der Waals surface area contributed by atoms with Crippen LogP contribution in [0.4, 0.5) is 0 Å². The zero-order valence-electron chi connectivity index (χ0n) is 28.4. The molecule has 2 rings (SSSR count). The minimum atomic E-state index is -0.530. The molecule has 0 bridgehead atoms. The summed E-state index contributed by atoms with van der Waals surface area (Å²) in [4.78, 5) is 0. The first-order valence-corrected chi connectivity index (χ1v) is 18.3. The van der Waals surface area contributed by atoms with Gasteiger partial charge < -0.3 is 28.4 Å². The Morgan fingerprint density at radius 2 is 1.14 bits per heavy atom. The van der Waals surface area contributed by atoms with Gasteiger partial charge in [0.25, 0.3) is 0 Å². The summed E-state index contributed by atoms with van der Waals surface area (Å²) in [6, 6.07) is 0. The molecule has 0 N–H and O–H groups in total. The van der Waals surface area contributed by atoms with Gasteiger partial charge >= 0.3 is 0 Å². The number of hydrogen-bond acceptors (Lipinski definition) is 6. The first kappa shape index (κ1) is 37.9. The molecule has 2 aliphatic heterocycles. The first-order valence-electron chi connectivity index (χ1n) is 18.3. The summed E-state index contributed by atoms with van der Waals surface area (Å²) in [6.07, 6.45) is 28.2. The lowest BCUT2D eigenvalue weighted by atomic mass is 10.0. The Labute approximate surface area is 260 Å². The van der Waals surface area contributed by atoms with Gasteiger partial charge in [-0.25, -0.2) is 0 Å². The van der Waals surface area contributed by atoms with Crippen LogP contribution in [0.3, 0.4) is 0 Å². The minimum Gasteiger partial charge on any atom is -0.379 e. The molecule has 0 aromatic carbocycles. The van der Waals surface area contributed by atoms with E-state index in [2.05, 4.69) is 13.8 Å². The van der Waals surface area contributed by atoms with Gasteiger partial charge in [0.05, 0.1) is 25.9 Å². The van der Waals surface area contributed by atoms with Crippen LogP contribution in [-0.2, 0) is 28.4 Å².